The van der Waals surface area contributed by atoms with Crippen molar-refractivity contribution in [2.45, 2.75) is 12.6 Å². The lowest BCUT2D eigenvalue weighted by Crippen LogP contribution is -2.47. The first-order valence-corrected chi connectivity index (χ1v) is 8.56. The summed E-state index contributed by atoms with van der Waals surface area (Å²) in [5.74, 6) is 0.589. The second-order valence-corrected chi connectivity index (χ2v) is 6.22. The monoisotopic (exact) mass is 367 g/mol. The molecule has 2 aromatic carbocycles. The van der Waals surface area contributed by atoms with Crippen molar-refractivity contribution in [2.75, 3.05) is 18.5 Å². The van der Waals surface area contributed by atoms with Crippen molar-refractivity contribution in [2.24, 2.45) is 0 Å². The highest BCUT2D eigenvalue weighted by atomic mass is 19.1. The number of nitrogens with zero attached hydrogens (tertiary/aromatic N) is 2. The van der Waals surface area contributed by atoms with Gasteiger partial charge in [0.1, 0.15) is 17.8 Å². The molecule has 0 fully saturated rings. The summed E-state index contributed by atoms with van der Waals surface area (Å²) in [6, 6.07) is 13.5. The number of halogens is 1. The van der Waals surface area contributed by atoms with Crippen LogP contribution in [0.4, 0.5) is 10.1 Å². The van der Waals surface area contributed by atoms with E-state index in [0.29, 0.717) is 36.0 Å². The van der Waals surface area contributed by atoms with Crippen LogP contribution in [0.2, 0.25) is 0 Å². The van der Waals surface area contributed by atoms with Gasteiger partial charge in [-0.2, -0.15) is 0 Å². The molecule has 1 atom stereocenters. The predicted molar refractivity (Wildman–Crippen MR) is 97.9 cm³/mol. The number of oxazole rings is 1. The molecule has 4 rings (SSSR count). The molecule has 0 spiro atoms. The van der Waals surface area contributed by atoms with E-state index in [0.717, 1.165) is 5.69 Å². The molecule has 1 aliphatic heterocycles. The normalized spacial score (nSPS) is 15.8. The molecule has 138 valence electrons. The Bertz CT molecular complexity index is 955. The highest BCUT2D eigenvalue weighted by molar-refractivity contribution is 5.83. The fraction of sp³-hybridized carbons (Fsp3) is 0.200. The first-order chi connectivity index (χ1) is 13.1. The quantitative estimate of drug-likeness (QED) is 0.768. The molecule has 6 nitrogen and oxygen atoms in total. The zero-order valence-corrected chi connectivity index (χ0v) is 14.7. The molecule has 0 radical (unpaired) electrons. The second kappa shape index (κ2) is 7.11. The van der Waals surface area contributed by atoms with Crippen LogP contribution in [0.3, 0.4) is 0 Å². The van der Waals surface area contributed by atoms with E-state index in [4.69, 9.17) is 9.15 Å². The van der Waals surface area contributed by atoms with Crippen molar-refractivity contribution < 1.29 is 18.3 Å². The van der Waals surface area contributed by atoms with Crippen LogP contribution in [-0.2, 0) is 11.3 Å². The standard InChI is InChI=1S/C20H18FN3O3/c1-22-19(25)18-11-24(16-4-2-3-5-17(16)27-18)10-15-12-26-20(23-15)13-6-8-14(21)9-7-13/h2-9,12,18H,10-11H2,1H3,(H,22,25)/t18-/m1/s1. The van der Waals surface area contributed by atoms with Crippen LogP contribution in [0.25, 0.3) is 11.5 Å². The van der Waals surface area contributed by atoms with Gasteiger partial charge in [0.05, 0.1) is 24.5 Å². The summed E-state index contributed by atoms with van der Waals surface area (Å²) in [6.45, 7) is 0.855. The summed E-state index contributed by atoms with van der Waals surface area (Å²) in [6.07, 6.45) is 0.972. The Morgan fingerprint density at radius 1 is 1.26 bits per heavy atom. The molecular weight excluding hydrogens is 349 g/mol. The maximum Gasteiger partial charge on any atom is 0.262 e. The zero-order chi connectivity index (χ0) is 18.8. The second-order valence-electron chi connectivity index (χ2n) is 6.22. The van der Waals surface area contributed by atoms with Crippen LogP contribution in [0.15, 0.2) is 59.2 Å². The summed E-state index contributed by atoms with van der Waals surface area (Å²) in [5.41, 5.74) is 2.30. The van der Waals surface area contributed by atoms with E-state index >= 15 is 0 Å². The molecule has 0 saturated heterocycles. The summed E-state index contributed by atoms with van der Waals surface area (Å²) in [7, 11) is 1.59. The van der Waals surface area contributed by atoms with Crippen molar-refractivity contribution >= 4 is 11.6 Å². The third-order valence-electron chi connectivity index (χ3n) is 4.40. The number of nitrogens with one attached hydrogen (secondary N) is 1. The number of fused-ring (bicyclic) bond motifs is 1. The topological polar surface area (TPSA) is 67.6 Å². The third-order valence-corrected chi connectivity index (χ3v) is 4.40. The minimum Gasteiger partial charge on any atom is -0.477 e. The fourth-order valence-electron chi connectivity index (χ4n) is 3.05. The first-order valence-electron chi connectivity index (χ1n) is 8.56. The summed E-state index contributed by atoms with van der Waals surface area (Å²) < 4.78 is 24.4. The highest BCUT2D eigenvalue weighted by Crippen LogP contribution is 2.34. The number of anilines is 1. The van der Waals surface area contributed by atoms with Crippen LogP contribution in [-0.4, -0.2) is 30.6 Å². The largest absolute Gasteiger partial charge is 0.477 e. The number of amides is 1. The van der Waals surface area contributed by atoms with Gasteiger partial charge >= 0.3 is 0 Å². The van der Waals surface area contributed by atoms with E-state index < -0.39 is 6.10 Å². The van der Waals surface area contributed by atoms with Gasteiger partial charge in [-0.05, 0) is 36.4 Å². The zero-order valence-electron chi connectivity index (χ0n) is 14.7. The van der Waals surface area contributed by atoms with Crippen LogP contribution < -0.4 is 15.0 Å². The minimum atomic E-state index is -0.603. The molecule has 0 aliphatic carbocycles. The number of rotatable bonds is 4. The molecule has 1 aliphatic rings. The molecule has 7 heteroatoms. The number of likely N-dealkylation sites (N-methyl/N-ethyl adjacent to an activating group) is 1. The van der Waals surface area contributed by atoms with Gasteiger partial charge in [-0.15, -0.1) is 0 Å². The molecule has 2 heterocycles. The first kappa shape index (κ1) is 17.1. The minimum absolute atomic E-state index is 0.179. The van der Waals surface area contributed by atoms with Gasteiger partial charge in [0, 0.05) is 12.6 Å². The molecule has 1 amide bonds. The van der Waals surface area contributed by atoms with E-state index in [1.807, 2.05) is 29.2 Å². The fourth-order valence-corrected chi connectivity index (χ4v) is 3.05. The number of benzene rings is 2. The lowest BCUT2D eigenvalue weighted by atomic mass is 10.1. The summed E-state index contributed by atoms with van der Waals surface area (Å²) in [4.78, 5) is 18.6. The van der Waals surface area contributed by atoms with Gasteiger partial charge in [-0.1, -0.05) is 12.1 Å². The Morgan fingerprint density at radius 3 is 2.81 bits per heavy atom. The van der Waals surface area contributed by atoms with Gasteiger partial charge in [-0.3, -0.25) is 4.79 Å². The van der Waals surface area contributed by atoms with Gasteiger partial charge < -0.3 is 19.4 Å². The van der Waals surface area contributed by atoms with E-state index in [-0.39, 0.29) is 11.7 Å². The van der Waals surface area contributed by atoms with Crippen LogP contribution >= 0.6 is 0 Å². The Labute approximate surface area is 155 Å². The molecule has 1 N–H and O–H groups in total. The maximum atomic E-state index is 13.1. The van der Waals surface area contributed by atoms with Crippen molar-refractivity contribution in [3.8, 4) is 17.2 Å². The lowest BCUT2D eigenvalue weighted by Gasteiger charge is -2.34. The molecule has 27 heavy (non-hydrogen) atoms. The van der Waals surface area contributed by atoms with Crippen LogP contribution in [0.1, 0.15) is 5.69 Å². The number of carbonyl (C=O) groups is 1. The number of aromatic nitrogens is 1. The van der Waals surface area contributed by atoms with Gasteiger partial charge in [0.2, 0.25) is 5.89 Å². The predicted octanol–water partition coefficient (Wildman–Crippen LogP) is 2.99. The molecule has 0 unspecified atom stereocenters. The molecule has 3 aromatic rings. The molecule has 1 aromatic heterocycles. The molecular formula is C20H18FN3O3. The number of para-hydroxylation sites is 2. The van der Waals surface area contributed by atoms with Crippen molar-refractivity contribution in [1.82, 2.24) is 10.3 Å². The van der Waals surface area contributed by atoms with Crippen LogP contribution in [0.5, 0.6) is 5.75 Å². The summed E-state index contributed by atoms with van der Waals surface area (Å²) in [5, 5.41) is 2.62. The van der Waals surface area contributed by atoms with Crippen molar-refractivity contribution in [3.63, 3.8) is 0 Å². The Balaban J connectivity index is 1.58. The number of hydrogen-bond acceptors (Lipinski definition) is 5. The van der Waals surface area contributed by atoms with Crippen molar-refractivity contribution in [1.29, 1.82) is 0 Å². The lowest BCUT2D eigenvalue weighted by molar-refractivity contribution is -0.127. The summed E-state index contributed by atoms with van der Waals surface area (Å²) >= 11 is 0. The Kier molecular flexibility index (Phi) is 4.50. The molecule has 0 bridgehead atoms. The van der Waals surface area contributed by atoms with E-state index in [9.17, 15) is 9.18 Å². The van der Waals surface area contributed by atoms with E-state index in [2.05, 4.69) is 10.3 Å². The Morgan fingerprint density at radius 2 is 2.04 bits per heavy atom. The molecule has 0 saturated carbocycles. The number of hydrogen-bond donors (Lipinski definition) is 1. The maximum absolute atomic E-state index is 13.1. The average molecular weight is 367 g/mol. The average Bonchev–Trinajstić information content (AvgIpc) is 3.16. The SMILES string of the molecule is CNC(=O)[C@H]1CN(Cc2coc(-c3ccc(F)cc3)n2)c2ccccc2O1. The van der Waals surface area contributed by atoms with Crippen LogP contribution in [0, 0.1) is 5.82 Å². The number of carbonyl (C=O) groups excluding carboxylic acids is 1. The highest BCUT2D eigenvalue weighted by Gasteiger charge is 2.30. The number of ether oxygens (including phenoxy) is 1. The van der Waals surface area contributed by atoms with Gasteiger partial charge in [0.25, 0.3) is 5.91 Å². The van der Waals surface area contributed by atoms with E-state index in [1.54, 1.807) is 25.4 Å². The van der Waals surface area contributed by atoms with Gasteiger partial charge in [-0.25, -0.2) is 9.37 Å². The van der Waals surface area contributed by atoms with E-state index in [1.165, 1.54) is 12.1 Å². The van der Waals surface area contributed by atoms with Crippen molar-refractivity contribution in [3.05, 3.63) is 66.3 Å². The third kappa shape index (κ3) is 3.48. The smallest absolute Gasteiger partial charge is 0.262 e. The Hall–Kier alpha value is -3.35. The van der Waals surface area contributed by atoms with Gasteiger partial charge in [0.15, 0.2) is 6.10 Å².